The van der Waals surface area contributed by atoms with Crippen LogP contribution in [0.2, 0.25) is 0 Å². The molecule has 7 heteroatoms. The molecule has 2 atom stereocenters. The lowest BCUT2D eigenvalue weighted by Crippen LogP contribution is -2.47. The van der Waals surface area contributed by atoms with Crippen LogP contribution in [0, 0.1) is 18.3 Å². The molecule has 7 nitrogen and oxygen atoms in total. The molecule has 4 rings (SSSR count). The van der Waals surface area contributed by atoms with E-state index < -0.39 is 5.41 Å². The Morgan fingerprint density at radius 1 is 1.33 bits per heavy atom. The van der Waals surface area contributed by atoms with Crippen LogP contribution < -0.4 is 0 Å². The number of carbonyl (C=O) groups excluding carboxylic acids is 2. The van der Waals surface area contributed by atoms with E-state index in [1.54, 1.807) is 42.1 Å². The minimum Gasteiger partial charge on any atom is -0.456 e. The molecule has 2 aromatic rings. The molecule has 2 fully saturated rings. The molecule has 0 aliphatic carbocycles. The summed E-state index contributed by atoms with van der Waals surface area (Å²) in [4.78, 5) is 33.8. The SMILES string of the molecule is Cc1ccc(C(=O)N2C[C@@H]3COC[C@]3(C(=O)N(C)Cc3ccccn3)C2)o1. The Morgan fingerprint density at radius 2 is 2.19 bits per heavy atom. The summed E-state index contributed by atoms with van der Waals surface area (Å²) in [5.41, 5.74) is 0.137. The third-order valence-electron chi connectivity index (χ3n) is 5.51. The third-order valence-corrected chi connectivity index (χ3v) is 5.51. The van der Waals surface area contributed by atoms with Gasteiger partial charge in [-0.05, 0) is 31.2 Å². The van der Waals surface area contributed by atoms with E-state index in [1.165, 1.54) is 0 Å². The zero-order chi connectivity index (χ0) is 19.0. The summed E-state index contributed by atoms with van der Waals surface area (Å²) < 4.78 is 11.1. The second kappa shape index (κ2) is 6.81. The quantitative estimate of drug-likeness (QED) is 0.820. The third kappa shape index (κ3) is 3.12. The summed E-state index contributed by atoms with van der Waals surface area (Å²) in [6, 6.07) is 9.11. The first-order valence-electron chi connectivity index (χ1n) is 9.08. The van der Waals surface area contributed by atoms with Crippen LogP contribution in [-0.2, 0) is 16.1 Å². The molecule has 2 aromatic heterocycles. The molecule has 0 N–H and O–H groups in total. The number of hydrogen-bond donors (Lipinski definition) is 0. The van der Waals surface area contributed by atoms with Crippen molar-refractivity contribution in [3.63, 3.8) is 0 Å². The van der Waals surface area contributed by atoms with Crippen molar-refractivity contribution in [3.05, 3.63) is 53.7 Å². The maximum atomic E-state index is 13.3. The standard InChI is InChI=1S/C20H23N3O4/c1-14-6-7-17(27-14)18(24)23-9-15-11-26-13-20(15,12-23)19(25)22(2)10-16-5-3-4-8-21-16/h3-8,15H,9-13H2,1-2H3/t15-,20-/m1/s1. The van der Waals surface area contributed by atoms with Gasteiger partial charge in [-0.2, -0.15) is 0 Å². The van der Waals surface area contributed by atoms with Gasteiger partial charge < -0.3 is 19.0 Å². The maximum absolute atomic E-state index is 13.3. The van der Waals surface area contributed by atoms with E-state index in [0.29, 0.717) is 44.4 Å². The van der Waals surface area contributed by atoms with Crippen molar-refractivity contribution < 1.29 is 18.7 Å². The smallest absolute Gasteiger partial charge is 0.289 e. The second-order valence-electron chi connectivity index (χ2n) is 7.45. The maximum Gasteiger partial charge on any atom is 0.289 e. The Hall–Kier alpha value is -2.67. The van der Waals surface area contributed by atoms with Gasteiger partial charge in [0.2, 0.25) is 5.91 Å². The monoisotopic (exact) mass is 369 g/mol. The molecule has 27 heavy (non-hydrogen) atoms. The van der Waals surface area contributed by atoms with Crippen LogP contribution in [0.4, 0.5) is 0 Å². The number of aromatic nitrogens is 1. The van der Waals surface area contributed by atoms with E-state index in [-0.39, 0.29) is 17.7 Å². The zero-order valence-electron chi connectivity index (χ0n) is 15.6. The van der Waals surface area contributed by atoms with E-state index in [4.69, 9.17) is 9.15 Å². The topological polar surface area (TPSA) is 75.9 Å². The number of fused-ring (bicyclic) bond motifs is 1. The van der Waals surface area contributed by atoms with Gasteiger partial charge in [0.05, 0.1) is 30.9 Å². The largest absolute Gasteiger partial charge is 0.456 e. The molecule has 2 amide bonds. The lowest BCUT2D eigenvalue weighted by molar-refractivity contribution is -0.142. The Morgan fingerprint density at radius 3 is 2.89 bits per heavy atom. The van der Waals surface area contributed by atoms with Crippen molar-refractivity contribution in [2.24, 2.45) is 11.3 Å². The van der Waals surface area contributed by atoms with Crippen molar-refractivity contribution in [3.8, 4) is 0 Å². The summed E-state index contributed by atoms with van der Waals surface area (Å²) in [5.74, 6) is 0.842. The van der Waals surface area contributed by atoms with Crippen molar-refractivity contribution in [2.45, 2.75) is 13.5 Å². The first kappa shape index (κ1) is 17.7. The van der Waals surface area contributed by atoms with Crippen LogP contribution in [-0.4, -0.2) is 59.9 Å². The first-order chi connectivity index (χ1) is 13.0. The van der Waals surface area contributed by atoms with Crippen LogP contribution in [0.5, 0.6) is 0 Å². The van der Waals surface area contributed by atoms with Gasteiger partial charge in [0.25, 0.3) is 5.91 Å². The number of ether oxygens (including phenoxy) is 1. The highest BCUT2D eigenvalue weighted by Crippen LogP contribution is 2.43. The van der Waals surface area contributed by atoms with Crippen molar-refractivity contribution in [2.75, 3.05) is 33.4 Å². The molecule has 2 saturated heterocycles. The molecule has 142 valence electrons. The van der Waals surface area contributed by atoms with Gasteiger partial charge in [-0.25, -0.2) is 0 Å². The van der Waals surface area contributed by atoms with Gasteiger partial charge in [-0.1, -0.05) is 6.07 Å². The van der Waals surface area contributed by atoms with E-state index >= 15 is 0 Å². The fraction of sp³-hybridized carbons (Fsp3) is 0.450. The van der Waals surface area contributed by atoms with Crippen LogP contribution >= 0.6 is 0 Å². The Bertz CT molecular complexity index is 850. The zero-order valence-corrected chi connectivity index (χ0v) is 15.6. The molecule has 0 bridgehead atoms. The molecule has 4 heterocycles. The number of furan rings is 1. The molecular weight excluding hydrogens is 346 g/mol. The van der Waals surface area contributed by atoms with Gasteiger partial charge >= 0.3 is 0 Å². The second-order valence-corrected chi connectivity index (χ2v) is 7.45. The van der Waals surface area contributed by atoms with Crippen LogP contribution in [0.25, 0.3) is 0 Å². The molecule has 0 saturated carbocycles. The molecule has 0 radical (unpaired) electrons. The van der Waals surface area contributed by atoms with Gasteiger partial charge in [-0.15, -0.1) is 0 Å². The number of rotatable bonds is 4. The van der Waals surface area contributed by atoms with Crippen molar-refractivity contribution >= 4 is 11.8 Å². The van der Waals surface area contributed by atoms with Gasteiger partial charge in [-0.3, -0.25) is 14.6 Å². The Labute approximate surface area is 157 Å². The molecule has 0 spiro atoms. The average molecular weight is 369 g/mol. The highest BCUT2D eigenvalue weighted by atomic mass is 16.5. The predicted octanol–water partition coefficient (Wildman–Crippen LogP) is 1.73. The van der Waals surface area contributed by atoms with E-state index in [1.807, 2.05) is 18.2 Å². The number of aryl methyl sites for hydroxylation is 1. The highest BCUT2D eigenvalue weighted by Gasteiger charge is 2.57. The van der Waals surface area contributed by atoms with Crippen LogP contribution in [0.1, 0.15) is 22.0 Å². The minimum absolute atomic E-state index is 0.00146. The Balaban J connectivity index is 1.52. The molecule has 0 aromatic carbocycles. The van der Waals surface area contributed by atoms with E-state index in [9.17, 15) is 9.59 Å². The molecule has 0 unspecified atom stereocenters. The van der Waals surface area contributed by atoms with Crippen LogP contribution in [0.15, 0.2) is 40.9 Å². The predicted molar refractivity (Wildman–Crippen MR) is 96.8 cm³/mol. The van der Waals surface area contributed by atoms with Crippen LogP contribution in [0.3, 0.4) is 0 Å². The summed E-state index contributed by atoms with van der Waals surface area (Å²) in [7, 11) is 1.78. The summed E-state index contributed by atoms with van der Waals surface area (Å²) in [6.45, 7) is 3.91. The van der Waals surface area contributed by atoms with Gasteiger partial charge in [0.1, 0.15) is 5.76 Å². The van der Waals surface area contributed by atoms with Crippen molar-refractivity contribution in [1.29, 1.82) is 0 Å². The molecular formula is C20H23N3O4. The summed E-state index contributed by atoms with van der Waals surface area (Å²) in [5, 5.41) is 0. The number of carbonyl (C=O) groups is 2. The van der Waals surface area contributed by atoms with E-state index in [0.717, 1.165) is 5.69 Å². The molecule has 2 aliphatic rings. The minimum atomic E-state index is -0.694. The highest BCUT2D eigenvalue weighted by molar-refractivity contribution is 5.93. The number of pyridine rings is 1. The Kier molecular flexibility index (Phi) is 4.47. The normalized spacial score (nSPS) is 24.1. The lowest BCUT2D eigenvalue weighted by Gasteiger charge is -2.30. The number of hydrogen-bond acceptors (Lipinski definition) is 5. The average Bonchev–Trinajstić information content (AvgIpc) is 3.35. The van der Waals surface area contributed by atoms with Gasteiger partial charge in [0.15, 0.2) is 5.76 Å². The lowest BCUT2D eigenvalue weighted by atomic mass is 9.79. The fourth-order valence-corrected chi connectivity index (χ4v) is 4.08. The fourth-order valence-electron chi connectivity index (χ4n) is 4.08. The first-order valence-corrected chi connectivity index (χ1v) is 9.08. The number of likely N-dealkylation sites (tertiary alicyclic amines) is 1. The number of nitrogens with zero attached hydrogens (tertiary/aromatic N) is 3. The summed E-state index contributed by atoms with van der Waals surface area (Å²) >= 11 is 0. The summed E-state index contributed by atoms with van der Waals surface area (Å²) in [6.07, 6.45) is 1.72. The van der Waals surface area contributed by atoms with Gasteiger partial charge in [0, 0.05) is 32.3 Å². The molecule has 2 aliphatic heterocycles. The number of amides is 2. The van der Waals surface area contributed by atoms with E-state index in [2.05, 4.69) is 4.98 Å². The van der Waals surface area contributed by atoms with Crippen molar-refractivity contribution in [1.82, 2.24) is 14.8 Å².